The molecule has 0 radical (unpaired) electrons. The van der Waals surface area contributed by atoms with E-state index in [2.05, 4.69) is 27.6 Å². The molecule has 0 saturated carbocycles. The summed E-state index contributed by atoms with van der Waals surface area (Å²) in [6, 6.07) is 21.8. The van der Waals surface area contributed by atoms with Gasteiger partial charge in [-0.05, 0) is 49.6 Å². The molecule has 1 atom stereocenters. The number of aromatic nitrogens is 4. The lowest BCUT2D eigenvalue weighted by Crippen LogP contribution is -2.34. The van der Waals surface area contributed by atoms with Crippen LogP contribution in [0.25, 0.3) is 28.1 Å². The van der Waals surface area contributed by atoms with E-state index >= 15 is 0 Å². The summed E-state index contributed by atoms with van der Waals surface area (Å²) in [5.74, 6) is 1.43. The second kappa shape index (κ2) is 9.46. The molecule has 0 spiro atoms. The van der Waals surface area contributed by atoms with Crippen molar-refractivity contribution in [3.63, 3.8) is 0 Å². The first-order valence-electron chi connectivity index (χ1n) is 10.8. The van der Waals surface area contributed by atoms with Gasteiger partial charge < -0.3 is 9.73 Å². The highest BCUT2D eigenvalue weighted by Gasteiger charge is 2.19. The van der Waals surface area contributed by atoms with Gasteiger partial charge in [-0.1, -0.05) is 54.2 Å². The number of para-hydroxylation sites is 1. The number of furan rings is 1. The summed E-state index contributed by atoms with van der Waals surface area (Å²) < 4.78 is 7.47. The molecule has 0 saturated heterocycles. The summed E-state index contributed by atoms with van der Waals surface area (Å²) in [7, 11) is 0. The van der Waals surface area contributed by atoms with Crippen LogP contribution in [-0.2, 0) is 11.2 Å². The number of hydrogen-bond donors (Lipinski definition) is 1. The summed E-state index contributed by atoms with van der Waals surface area (Å²) in [5, 5.41) is 13.3. The average molecular weight is 458 g/mol. The Morgan fingerprint density at radius 1 is 1.06 bits per heavy atom. The minimum atomic E-state index is -0.0365. The Hall–Kier alpha value is -3.65. The molecule has 0 aliphatic heterocycles. The smallest absolute Gasteiger partial charge is 0.230 e. The van der Waals surface area contributed by atoms with Crippen LogP contribution in [0.15, 0.2) is 82.6 Å². The van der Waals surface area contributed by atoms with Crippen LogP contribution in [0.4, 0.5) is 0 Å². The molecule has 7 nitrogen and oxygen atoms in total. The van der Waals surface area contributed by atoms with E-state index in [1.54, 1.807) is 6.26 Å². The molecule has 8 heteroatoms. The van der Waals surface area contributed by atoms with Gasteiger partial charge >= 0.3 is 0 Å². The van der Waals surface area contributed by atoms with E-state index in [4.69, 9.17) is 9.40 Å². The zero-order valence-corrected chi connectivity index (χ0v) is 19.0. The molecule has 5 rings (SSSR count). The van der Waals surface area contributed by atoms with Gasteiger partial charge in [0.25, 0.3) is 0 Å². The Balaban J connectivity index is 1.32. The van der Waals surface area contributed by atoms with Crippen LogP contribution in [0.2, 0.25) is 0 Å². The number of fused-ring (bicyclic) bond motifs is 3. The lowest BCUT2D eigenvalue weighted by atomic mass is 10.1. The molecule has 3 aromatic heterocycles. The minimum absolute atomic E-state index is 0.0365. The third-order valence-corrected chi connectivity index (χ3v) is 6.34. The predicted octanol–water partition coefficient (Wildman–Crippen LogP) is 4.77. The summed E-state index contributed by atoms with van der Waals surface area (Å²) >= 11 is 1.34. The zero-order valence-electron chi connectivity index (χ0n) is 18.1. The minimum Gasteiger partial charge on any atom is -0.461 e. The Morgan fingerprint density at radius 3 is 2.70 bits per heavy atom. The number of carbonyl (C=O) groups excluding carboxylic acids is 1. The van der Waals surface area contributed by atoms with E-state index < -0.39 is 0 Å². The highest BCUT2D eigenvalue weighted by molar-refractivity contribution is 7.99. The van der Waals surface area contributed by atoms with Crippen molar-refractivity contribution >= 4 is 34.2 Å². The van der Waals surface area contributed by atoms with Gasteiger partial charge in [-0.25, -0.2) is 4.98 Å². The Kier molecular flexibility index (Phi) is 6.08. The predicted molar refractivity (Wildman–Crippen MR) is 129 cm³/mol. The van der Waals surface area contributed by atoms with E-state index in [1.807, 2.05) is 65.9 Å². The number of carbonyl (C=O) groups is 1. The van der Waals surface area contributed by atoms with Gasteiger partial charge in [0.15, 0.2) is 22.4 Å². The largest absolute Gasteiger partial charge is 0.461 e. The molecule has 0 aliphatic carbocycles. The number of amides is 1. The number of aryl methyl sites for hydroxylation is 1. The SMILES string of the molecule is C[C@@H](CCc1ccccc1)NC(=O)CSc1nnc2c3ccccc3nc(-c3ccco3)n12. The molecule has 0 bridgehead atoms. The van der Waals surface area contributed by atoms with Crippen LogP contribution < -0.4 is 5.32 Å². The monoisotopic (exact) mass is 457 g/mol. The van der Waals surface area contributed by atoms with Crippen molar-refractivity contribution in [2.24, 2.45) is 0 Å². The zero-order chi connectivity index (χ0) is 22.6. The number of benzene rings is 2. The van der Waals surface area contributed by atoms with Gasteiger partial charge in [0.1, 0.15) is 0 Å². The van der Waals surface area contributed by atoms with Crippen molar-refractivity contribution in [3.05, 3.63) is 78.6 Å². The van der Waals surface area contributed by atoms with Crippen LogP contribution in [-0.4, -0.2) is 37.3 Å². The molecular formula is C25H23N5O2S. The molecule has 33 heavy (non-hydrogen) atoms. The van der Waals surface area contributed by atoms with Crippen molar-refractivity contribution in [2.45, 2.75) is 31.0 Å². The van der Waals surface area contributed by atoms with Crippen molar-refractivity contribution in [3.8, 4) is 11.6 Å². The molecule has 0 unspecified atom stereocenters. The Bertz CT molecular complexity index is 1380. The van der Waals surface area contributed by atoms with Gasteiger partial charge in [-0.3, -0.25) is 9.20 Å². The lowest BCUT2D eigenvalue weighted by molar-refractivity contribution is -0.119. The van der Waals surface area contributed by atoms with Gasteiger partial charge in [0, 0.05) is 11.4 Å². The Morgan fingerprint density at radius 2 is 1.88 bits per heavy atom. The second-order valence-corrected chi connectivity index (χ2v) is 8.80. The first-order valence-corrected chi connectivity index (χ1v) is 11.8. The fraction of sp³-hybridized carbons (Fsp3) is 0.200. The normalized spacial score (nSPS) is 12.3. The molecule has 2 aromatic carbocycles. The fourth-order valence-corrected chi connectivity index (χ4v) is 4.51. The summed E-state index contributed by atoms with van der Waals surface area (Å²) in [4.78, 5) is 17.4. The van der Waals surface area contributed by atoms with Crippen molar-refractivity contribution in [1.29, 1.82) is 0 Å². The molecule has 0 fully saturated rings. The van der Waals surface area contributed by atoms with Crippen LogP contribution in [0.5, 0.6) is 0 Å². The fourth-order valence-electron chi connectivity index (χ4n) is 3.77. The highest BCUT2D eigenvalue weighted by Crippen LogP contribution is 2.29. The molecule has 1 amide bonds. The summed E-state index contributed by atoms with van der Waals surface area (Å²) in [5.41, 5.74) is 2.77. The molecular weight excluding hydrogens is 434 g/mol. The number of rotatable bonds is 8. The third-order valence-electron chi connectivity index (χ3n) is 5.41. The van der Waals surface area contributed by atoms with Gasteiger partial charge in [-0.15, -0.1) is 10.2 Å². The van der Waals surface area contributed by atoms with Gasteiger partial charge in [-0.2, -0.15) is 0 Å². The highest BCUT2D eigenvalue weighted by atomic mass is 32.2. The van der Waals surface area contributed by atoms with Crippen LogP contribution in [0.1, 0.15) is 18.9 Å². The Labute approximate surface area is 195 Å². The van der Waals surface area contributed by atoms with E-state index in [0.717, 1.165) is 23.7 Å². The summed E-state index contributed by atoms with van der Waals surface area (Å²) in [6.07, 6.45) is 3.42. The first kappa shape index (κ1) is 21.2. The lowest BCUT2D eigenvalue weighted by Gasteiger charge is -2.13. The van der Waals surface area contributed by atoms with E-state index in [-0.39, 0.29) is 17.7 Å². The molecule has 0 aliphatic rings. The van der Waals surface area contributed by atoms with Gasteiger partial charge in [0.05, 0.1) is 17.5 Å². The maximum atomic E-state index is 12.6. The average Bonchev–Trinajstić information content (AvgIpc) is 3.52. The molecule has 166 valence electrons. The standard InChI is InChI=1S/C25H23N5O2S/c1-17(13-14-18-8-3-2-4-9-18)26-22(31)16-33-25-29-28-23-19-10-5-6-11-20(19)27-24(30(23)25)21-12-7-15-32-21/h2-12,15,17H,13-14,16H2,1H3,(H,26,31)/t17-/m0/s1. The molecule has 1 N–H and O–H groups in total. The summed E-state index contributed by atoms with van der Waals surface area (Å²) in [6.45, 7) is 2.03. The maximum absolute atomic E-state index is 12.6. The number of hydrogen-bond acceptors (Lipinski definition) is 6. The van der Waals surface area contributed by atoms with Crippen molar-refractivity contribution in [2.75, 3.05) is 5.75 Å². The quantitative estimate of drug-likeness (QED) is 0.338. The number of nitrogens with one attached hydrogen (secondary N) is 1. The third kappa shape index (κ3) is 4.61. The molecule has 3 heterocycles. The van der Waals surface area contributed by atoms with Crippen LogP contribution in [0, 0.1) is 0 Å². The second-order valence-electron chi connectivity index (χ2n) is 7.85. The van der Waals surface area contributed by atoms with Crippen molar-refractivity contribution < 1.29 is 9.21 Å². The number of nitrogens with zero attached hydrogens (tertiary/aromatic N) is 4. The van der Waals surface area contributed by atoms with E-state index in [1.165, 1.54) is 17.3 Å². The maximum Gasteiger partial charge on any atom is 0.230 e. The van der Waals surface area contributed by atoms with Crippen molar-refractivity contribution in [1.82, 2.24) is 24.9 Å². The van der Waals surface area contributed by atoms with E-state index in [9.17, 15) is 4.79 Å². The van der Waals surface area contributed by atoms with Crippen LogP contribution >= 0.6 is 11.8 Å². The topological polar surface area (TPSA) is 85.3 Å². The van der Waals surface area contributed by atoms with Gasteiger partial charge in [0.2, 0.25) is 5.91 Å². The van der Waals surface area contributed by atoms with Crippen LogP contribution in [0.3, 0.4) is 0 Å². The van der Waals surface area contributed by atoms with E-state index in [0.29, 0.717) is 22.4 Å². The first-order chi connectivity index (χ1) is 16.2. The number of thioether (sulfide) groups is 1. The molecule has 5 aromatic rings.